The van der Waals surface area contributed by atoms with Crippen LogP contribution in [0, 0.1) is 5.82 Å². The lowest BCUT2D eigenvalue weighted by molar-refractivity contribution is 0.301. The molecule has 0 aromatic heterocycles. The van der Waals surface area contributed by atoms with Crippen LogP contribution in [0.1, 0.15) is 57.9 Å². The van der Waals surface area contributed by atoms with Crippen molar-refractivity contribution < 1.29 is 14.3 Å². The molecule has 0 atom stereocenters. The Morgan fingerprint density at radius 2 is 1.90 bits per heavy atom. The van der Waals surface area contributed by atoms with Gasteiger partial charge in [-0.25, -0.2) is 4.39 Å². The summed E-state index contributed by atoms with van der Waals surface area (Å²) in [6.07, 6.45) is 7.16. The quantitative estimate of drug-likeness (QED) is 0.307. The number of benzene rings is 1. The van der Waals surface area contributed by atoms with Crippen molar-refractivity contribution in [3.05, 3.63) is 29.6 Å². The molecule has 0 aliphatic carbocycles. The van der Waals surface area contributed by atoms with E-state index in [0.29, 0.717) is 23.6 Å². The van der Waals surface area contributed by atoms with Gasteiger partial charge in [0.2, 0.25) is 0 Å². The van der Waals surface area contributed by atoms with E-state index < -0.39 is 0 Å². The van der Waals surface area contributed by atoms with Crippen LogP contribution >= 0.6 is 0 Å². The molecule has 0 fully saturated rings. The number of oxime groups is 1. The molecule has 0 radical (unpaired) electrons. The summed E-state index contributed by atoms with van der Waals surface area (Å²) in [6.45, 7) is 4.42. The molecule has 0 aliphatic heterocycles. The summed E-state index contributed by atoms with van der Waals surface area (Å²) in [6, 6.07) is 4.26. The van der Waals surface area contributed by atoms with Crippen LogP contribution in [-0.2, 0) is 0 Å². The lowest BCUT2D eigenvalue weighted by Crippen LogP contribution is -2.04. The molecule has 1 aromatic rings. The normalized spacial score (nSPS) is 11.7. The first-order chi connectivity index (χ1) is 9.69. The van der Waals surface area contributed by atoms with Crippen molar-refractivity contribution in [1.29, 1.82) is 0 Å². The highest BCUT2D eigenvalue weighted by atomic mass is 19.1. The number of ether oxygens (including phenoxy) is 1. The van der Waals surface area contributed by atoms with Gasteiger partial charge in [0.25, 0.3) is 0 Å². The van der Waals surface area contributed by atoms with E-state index in [1.54, 1.807) is 13.0 Å². The highest BCUT2D eigenvalue weighted by molar-refractivity contribution is 6.00. The van der Waals surface area contributed by atoms with Crippen LogP contribution in [0.25, 0.3) is 0 Å². The molecular formula is C16H24FNO2. The van der Waals surface area contributed by atoms with Gasteiger partial charge in [-0.15, -0.1) is 0 Å². The first-order valence-corrected chi connectivity index (χ1v) is 7.30. The Morgan fingerprint density at radius 3 is 2.60 bits per heavy atom. The predicted molar refractivity (Wildman–Crippen MR) is 79.3 cm³/mol. The van der Waals surface area contributed by atoms with Crippen molar-refractivity contribution in [2.45, 2.75) is 52.4 Å². The molecule has 0 saturated heterocycles. The van der Waals surface area contributed by atoms with E-state index >= 15 is 0 Å². The van der Waals surface area contributed by atoms with Gasteiger partial charge in [0.1, 0.15) is 11.6 Å². The van der Waals surface area contributed by atoms with E-state index in [-0.39, 0.29) is 5.82 Å². The van der Waals surface area contributed by atoms with Gasteiger partial charge in [0.15, 0.2) is 0 Å². The third kappa shape index (κ3) is 5.59. The van der Waals surface area contributed by atoms with Crippen LogP contribution < -0.4 is 4.74 Å². The summed E-state index contributed by atoms with van der Waals surface area (Å²) in [5, 5.41) is 11.9. The largest absolute Gasteiger partial charge is 0.493 e. The topological polar surface area (TPSA) is 41.8 Å². The number of halogens is 1. The maximum atomic E-state index is 13.2. The van der Waals surface area contributed by atoms with Gasteiger partial charge in [-0.2, -0.15) is 0 Å². The zero-order valence-electron chi connectivity index (χ0n) is 12.4. The highest BCUT2D eigenvalue weighted by Gasteiger charge is 2.09. The average molecular weight is 281 g/mol. The standard InChI is InChI=1S/C16H24FNO2/c1-3-4-5-6-7-8-11-20-16-10-9-14(17)12-15(16)13(2)18-19/h9-10,12,19H,3-8,11H2,1-2H3/b18-13+. The molecule has 112 valence electrons. The number of hydrogen-bond acceptors (Lipinski definition) is 3. The fourth-order valence-corrected chi connectivity index (χ4v) is 2.03. The Bertz CT molecular complexity index is 432. The molecule has 20 heavy (non-hydrogen) atoms. The number of unbranched alkanes of at least 4 members (excludes halogenated alkanes) is 5. The van der Waals surface area contributed by atoms with Crippen molar-refractivity contribution in [2.75, 3.05) is 6.61 Å². The van der Waals surface area contributed by atoms with Gasteiger partial charge < -0.3 is 9.94 Å². The van der Waals surface area contributed by atoms with Crippen LogP contribution in [0.4, 0.5) is 4.39 Å². The maximum Gasteiger partial charge on any atom is 0.128 e. The zero-order valence-corrected chi connectivity index (χ0v) is 12.4. The van der Waals surface area contributed by atoms with Crippen molar-refractivity contribution in [3.63, 3.8) is 0 Å². The first-order valence-electron chi connectivity index (χ1n) is 7.30. The van der Waals surface area contributed by atoms with Crippen LogP contribution in [0.3, 0.4) is 0 Å². The van der Waals surface area contributed by atoms with Crippen molar-refractivity contribution in [1.82, 2.24) is 0 Å². The Hall–Kier alpha value is -1.58. The van der Waals surface area contributed by atoms with E-state index in [1.807, 2.05) is 0 Å². The lowest BCUT2D eigenvalue weighted by Gasteiger charge is -2.11. The molecule has 0 amide bonds. The second-order valence-electron chi connectivity index (χ2n) is 4.94. The minimum atomic E-state index is -0.366. The van der Waals surface area contributed by atoms with Crippen LogP contribution in [-0.4, -0.2) is 17.5 Å². The maximum absolute atomic E-state index is 13.2. The molecule has 4 heteroatoms. The molecule has 0 spiro atoms. The van der Waals surface area contributed by atoms with Crippen molar-refractivity contribution in [3.8, 4) is 5.75 Å². The van der Waals surface area contributed by atoms with Gasteiger partial charge in [0.05, 0.1) is 12.3 Å². The molecule has 0 bridgehead atoms. The summed E-state index contributed by atoms with van der Waals surface area (Å²) in [5.41, 5.74) is 0.848. The van der Waals surface area contributed by atoms with Gasteiger partial charge in [-0.3, -0.25) is 0 Å². The Morgan fingerprint density at radius 1 is 1.20 bits per heavy atom. The Labute approximate surface area is 120 Å². The minimum Gasteiger partial charge on any atom is -0.493 e. The predicted octanol–water partition coefficient (Wildman–Crippen LogP) is 4.76. The first kappa shape index (κ1) is 16.5. The van der Waals surface area contributed by atoms with E-state index in [1.165, 1.54) is 37.8 Å². The SMILES string of the molecule is CCCCCCCCOc1ccc(F)cc1/C(C)=N/O. The lowest BCUT2D eigenvalue weighted by atomic mass is 10.1. The van der Waals surface area contributed by atoms with E-state index in [0.717, 1.165) is 12.8 Å². The molecule has 1 rings (SSSR count). The van der Waals surface area contributed by atoms with Crippen molar-refractivity contribution >= 4 is 5.71 Å². The number of hydrogen-bond donors (Lipinski definition) is 1. The molecule has 0 heterocycles. The van der Waals surface area contributed by atoms with Gasteiger partial charge in [-0.05, 0) is 31.5 Å². The van der Waals surface area contributed by atoms with Crippen LogP contribution in [0.15, 0.2) is 23.4 Å². The second-order valence-corrected chi connectivity index (χ2v) is 4.94. The fraction of sp³-hybridized carbons (Fsp3) is 0.562. The average Bonchev–Trinajstić information content (AvgIpc) is 2.46. The molecule has 0 aliphatic rings. The number of nitrogens with zero attached hydrogens (tertiary/aromatic N) is 1. The Kier molecular flexibility index (Phi) is 7.70. The van der Waals surface area contributed by atoms with Crippen molar-refractivity contribution in [2.24, 2.45) is 5.16 Å². The van der Waals surface area contributed by atoms with Gasteiger partial charge in [0, 0.05) is 5.56 Å². The molecule has 1 N–H and O–H groups in total. The molecule has 3 nitrogen and oxygen atoms in total. The molecule has 0 saturated carbocycles. The van der Waals surface area contributed by atoms with Crippen LogP contribution in [0.5, 0.6) is 5.75 Å². The summed E-state index contributed by atoms with van der Waals surface area (Å²) >= 11 is 0. The monoisotopic (exact) mass is 281 g/mol. The smallest absolute Gasteiger partial charge is 0.128 e. The van der Waals surface area contributed by atoms with Gasteiger partial charge >= 0.3 is 0 Å². The Balaban J connectivity index is 2.43. The van der Waals surface area contributed by atoms with Gasteiger partial charge in [-0.1, -0.05) is 44.2 Å². The minimum absolute atomic E-state index is 0.349. The van der Waals surface area contributed by atoms with Crippen LogP contribution in [0.2, 0.25) is 0 Å². The van der Waals surface area contributed by atoms with E-state index in [9.17, 15) is 4.39 Å². The third-order valence-electron chi connectivity index (χ3n) is 3.24. The highest BCUT2D eigenvalue weighted by Crippen LogP contribution is 2.21. The number of rotatable bonds is 9. The van der Waals surface area contributed by atoms with E-state index in [4.69, 9.17) is 9.94 Å². The summed E-state index contributed by atoms with van der Waals surface area (Å²) < 4.78 is 18.9. The summed E-state index contributed by atoms with van der Waals surface area (Å²) in [7, 11) is 0. The summed E-state index contributed by atoms with van der Waals surface area (Å²) in [4.78, 5) is 0. The fourth-order valence-electron chi connectivity index (χ4n) is 2.03. The molecule has 0 unspecified atom stereocenters. The summed E-state index contributed by atoms with van der Waals surface area (Å²) in [5.74, 6) is 0.199. The third-order valence-corrected chi connectivity index (χ3v) is 3.24. The second kappa shape index (κ2) is 9.34. The molecular weight excluding hydrogens is 257 g/mol. The van der Waals surface area contributed by atoms with E-state index in [2.05, 4.69) is 12.1 Å². The zero-order chi connectivity index (χ0) is 14.8. The molecule has 1 aromatic carbocycles.